The molecular weight excluding hydrogens is 241 g/mol. The molecule has 1 aromatic carbocycles. The van der Waals surface area contributed by atoms with Gasteiger partial charge in [-0.1, -0.05) is 32.9 Å². The van der Waals surface area contributed by atoms with Crippen LogP contribution in [0.1, 0.15) is 39.2 Å². The quantitative estimate of drug-likeness (QED) is 0.773. The molecular formula is C16H26FNO. The van der Waals surface area contributed by atoms with Crippen molar-refractivity contribution < 1.29 is 9.13 Å². The molecule has 0 saturated heterocycles. The number of methoxy groups -OCH3 is 1. The highest BCUT2D eigenvalue weighted by Crippen LogP contribution is 2.22. The molecule has 2 nitrogen and oxygen atoms in total. The molecule has 19 heavy (non-hydrogen) atoms. The van der Waals surface area contributed by atoms with Gasteiger partial charge in [-0.3, -0.25) is 0 Å². The van der Waals surface area contributed by atoms with Gasteiger partial charge in [0.2, 0.25) is 0 Å². The van der Waals surface area contributed by atoms with Gasteiger partial charge in [-0.05, 0) is 43.4 Å². The number of ether oxygens (including phenoxy) is 1. The molecule has 1 unspecified atom stereocenters. The highest BCUT2D eigenvalue weighted by Gasteiger charge is 2.14. The molecule has 0 spiro atoms. The van der Waals surface area contributed by atoms with Gasteiger partial charge in [-0.2, -0.15) is 0 Å². The first-order valence-corrected chi connectivity index (χ1v) is 7.13. The van der Waals surface area contributed by atoms with E-state index < -0.39 is 0 Å². The van der Waals surface area contributed by atoms with Crippen LogP contribution in [0, 0.1) is 11.7 Å². The summed E-state index contributed by atoms with van der Waals surface area (Å²) in [6, 6.07) is 5.68. The second kappa shape index (κ2) is 8.16. The normalized spacial score (nSPS) is 12.7. The van der Waals surface area contributed by atoms with Crippen molar-refractivity contribution in [3.05, 3.63) is 29.6 Å². The van der Waals surface area contributed by atoms with Gasteiger partial charge >= 0.3 is 0 Å². The van der Waals surface area contributed by atoms with Crippen LogP contribution in [0.5, 0.6) is 5.75 Å². The Morgan fingerprint density at radius 2 is 2.00 bits per heavy atom. The van der Waals surface area contributed by atoms with E-state index in [4.69, 9.17) is 4.74 Å². The second-order valence-corrected chi connectivity index (χ2v) is 5.36. The lowest BCUT2D eigenvalue weighted by molar-refractivity contribution is 0.380. The lowest BCUT2D eigenvalue weighted by Crippen LogP contribution is -2.31. The van der Waals surface area contributed by atoms with E-state index in [0.29, 0.717) is 24.1 Å². The summed E-state index contributed by atoms with van der Waals surface area (Å²) in [4.78, 5) is 0. The summed E-state index contributed by atoms with van der Waals surface area (Å²) in [5.41, 5.74) is 0.731. The third kappa shape index (κ3) is 5.19. The molecule has 0 fully saturated rings. The van der Waals surface area contributed by atoms with Crippen molar-refractivity contribution in [2.75, 3.05) is 13.7 Å². The molecule has 0 bridgehead atoms. The molecule has 0 amide bonds. The molecule has 1 atom stereocenters. The summed E-state index contributed by atoms with van der Waals surface area (Å²) >= 11 is 0. The standard InChI is InChI=1S/C16H26FNO/c1-5-18-14(10-9-12(2)3)11-13-7-6-8-15(19-4)16(13)17/h6-8,12,14,18H,5,9-11H2,1-4H3. The Bertz CT molecular complexity index is 379. The first-order valence-electron chi connectivity index (χ1n) is 7.13. The van der Waals surface area contributed by atoms with Crippen molar-refractivity contribution in [1.82, 2.24) is 5.32 Å². The summed E-state index contributed by atoms with van der Waals surface area (Å²) in [5, 5.41) is 3.44. The monoisotopic (exact) mass is 267 g/mol. The van der Waals surface area contributed by atoms with Crippen molar-refractivity contribution in [1.29, 1.82) is 0 Å². The van der Waals surface area contributed by atoms with Gasteiger partial charge in [-0.15, -0.1) is 0 Å². The van der Waals surface area contributed by atoms with Crippen molar-refractivity contribution in [3.63, 3.8) is 0 Å². The molecule has 3 heteroatoms. The van der Waals surface area contributed by atoms with Gasteiger partial charge in [0, 0.05) is 6.04 Å². The number of hydrogen-bond donors (Lipinski definition) is 1. The summed E-state index contributed by atoms with van der Waals surface area (Å²) < 4.78 is 19.1. The first kappa shape index (κ1) is 16.0. The van der Waals surface area contributed by atoms with Gasteiger partial charge in [0.15, 0.2) is 11.6 Å². The van der Waals surface area contributed by atoms with Gasteiger partial charge < -0.3 is 10.1 Å². The largest absolute Gasteiger partial charge is 0.494 e. The van der Waals surface area contributed by atoms with E-state index in [1.165, 1.54) is 7.11 Å². The fourth-order valence-electron chi connectivity index (χ4n) is 2.24. The Morgan fingerprint density at radius 1 is 1.26 bits per heavy atom. The summed E-state index contributed by atoms with van der Waals surface area (Å²) in [6.45, 7) is 7.43. The molecule has 0 aromatic heterocycles. The third-order valence-electron chi connectivity index (χ3n) is 3.31. The van der Waals surface area contributed by atoms with Gasteiger partial charge in [0.05, 0.1) is 7.11 Å². The third-order valence-corrected chi connectivity index (χ3v) is 3.31. The van der Waals surface area contributed by atoms with Crippen LogP contribution in [0.2, 0.25) is 0 Å². The number of benzene rings is 1. The SMILES string of the molecule is CCNC(CCC(C)C)Cc1cccc(OC)c1F. The number of rotatable bonds is 8. The maximum absolute atomic E-state index is 14.1. The minimum absolute atomic E-state index is 0.225. The van der Waals surface area contributed by atoms with E-state index >= 15 is 0 Å². The predicted octanol–water partition coefficient (Wildman–Crippen LogP) is 3.79. The van der Waals surface area contributed by atoms with Crippen LogP contribution in [0.25, 0.3) is 0 Å². The number of halogens is 1. The zero-order chi connectivity index (χ0) is 14.3. The lowest BCUT2D eigenvalue weighted by Gasteiger charge is -2.19. The van der Waals surface area contributed by atoms with Crippen molar-refractivity contribution in [2.24, 2.45) is 5.92 Å². The maximum atomic E-state index is 14.1. The minimum atomic E-state index is -0.225. The molecule has 0 saturated carbocycles. The van der Waals surface area contributed by atoms with E-state index in [1.807, 2.05) is 12.1 Å². The lowest BCUT2D eigenvalue weighted by atomic mass is 9.97. The number of hydrogen-bond acceptors (Lipinski definition) is 2. The molecule has 0 aliphatic rings. The Labute approximate surface area is 116 Å². The predicted molar refractivity (Wildman–Crippen MR) is 78.2 cm³/mol. The van der Waals surface area contributed by atoms with Crippen molar-refractivity contribution in [2.45, 2.75) is 46.1 Å². The molecule has 0 aliphatic heterocycles. The topological polar surface area (TPSA) is 21.3 Å². The van der Waals surface area contributed by atoms with Crippen LogP contribution in [-0.4, -0.2) is 19.7 Å². The smallest absolute Gasteiger partial charge is 0.168 e. The fourth-order valence-corrected chi connectivity index (χ4v) is 2.24. The highest BCUT2D eigenvalue weighted by atomic mass is 19.1. The number of nitrogens with one attached hydrogen (secondary N) is 1. The zero-order valence-electron chi connectivity index (χ0n) is 12.5. The van der Waals surface area contributed by atoms with Crippen LogP contribution >= 0.6 is 0 Å². The molecule has 0 radical (unpaired) electrons. The van der Waals surface area contributed by atoms with E-state index in [-0.39, 0.29) is 5.82 Å². The van der Waals surface area contributed by atoms with Crippen LogP contribution in [0.4, 0.5) is 4.39 Å². The van der Waals surface area contributed by atoms with E-state index in [2.05, 4.69) is 26.1 Å². The zero-order valence-corrected chi connectivity index (χ0v) is 12.5. The molecule has 0 heterocycles. The van der Waals surface area contributed by atoms with Crippen LogP contribution in [-0.2, 0) is 6.42 Å². The highest BCUT2D eigenvalue weighted by molar-refractivity contribution is 5.31. The number of likely N-dealkylation sites (N-methyl/N-ethyl adjacent to an activating group) is 1. The summed E-state index contributed by atoms with van der Waals surface area (Å²) in [5.74, 6) is 0.783. The fraction of sp³-hybridized carbons (Fsp3) is 0.625. The van der Waals surface area contributed by atoms with Crippen LogP contribution < -0.4 is 10.1 Å². The Balaban J connectivity index is 2.72. The van der Waals surface area contributed by atoms with E-state index in [9.17, 15) is 4.39 Å². The summed E-state index contributed by atoms with van der Waals surface area (Å²) in [7, 11) is 1.50. The van der Waals surface area contributed by atoms with E-state index in [0.717, 1.165) is 24.9 Å². The minimum Gasteiger partial charge on any atom is -0.494 e. The molecule has 1 aromatic rings. The van der Waals surface area contributed by atoms with Gasteiger partial charge in [0.25, 0.3) is 0 Å². The molecule has 108 valence electrons. The molecule has 0 aliphatic carbocycles. The molecule has 1 rings (SSSR count). The maximum Gasteiger partial charge on any atom is 0.168 e. The van der Waals surface area contributed by atoms with Crippen LogP contribution in [0.15, 0.2) is 18.2 Å². The van der Waals surface area contributed by atoms with Crippen LogP contribution in [0.3, 0.4) is 0 Å². The second-order valence-electron chi connectivity index (χ2n) is 5.36. The van der Waals surface area contributed by atoms with E-state index in [1.54, 1.807) is 6.07 Å². The van der Waals surface area contributed by atoms with Crippen molar-refractivity contribution in [3.8, 4) is 5.75 Å². The Kier molecular flexibility index (Phi) is 6.85. The molecule has 1 N–H and O–H groups in total. The average molecular weight is 267 g/mol. The Morgan fingerprint density at radius 3 is 2.58 bits per heavy atom. The van der Waals surface area contributed by atoms with Gasteiger partial charge in [-0.25, -0.2) is 4.39 Å². The Hall–Kier alpha value is -1.09. The van der Waals surface area contributed by atoms with Crippen molar-refractivity contribution >= 4 is 0 Å². The average Bonchev–Trinajstić information content (AvgIpc) is 2.38. The first-order chi connectivity index (χ1) is 9.08. The summed E-state index contributed by atoms with van der Waals surface area (Å²) in [6.07, 6.45) is 2.94. The van der Waals surface area contributed by atoms with Gasteiger partial charge in [0.1, 0.15) is 0 Å².